The predicted molar refractivity (Wildman–Crippen MR) is 68.0 cm³/mol. The van der Waals surface area contributed by atoms with Gasteiger partial charge in [0, 0.05) is 25.4 Å². The number of oxazole rings is 1. The van der Waals surface area contributed by atoms with Crippen LogP contribution in [0.5, 0.6) is 0 Å². The topological polar surface area (TPSA) is 75.5 Å². The second-order valence-electron chi connectivity index (χ2n) is 3.88. The molecule has 0 bridgehead atoms. The predicted octanol–water partition coefficient (Wildman–Crippen LogP) is 1.62. The summed E-state index contributed by atoms with van der Waals surface area (Å²) in [6, 6.07) is 5.99. The average molecular weight is 235 g/mol. The molecule has 5 heteroatoms. The summed E-state index contributed by atoms with van der Waals surface area (Å²) in [6.07, 6.45) is 0.703. The lowest BCUT2D eigenvalue weighted by molar-refractivity contribution is 0.289. The molecule has 2 aromatic rings. The van der Waals surface area contributed by atoms with Gasteiger partial charge in [-0.15, -0.1) is 0 Å². The van der Waals surface area contributed by atoms with E-state index >= 15 is 0 Å². The Bertz CT molecular complexity index is 495. The van der Waals surface area contributed by atoms with E-state index in [9.17, 15) is 0 Å². The van der Waals surface area contributed by atoms with Crippen LogP contribution < -0.4 is 10.6 Å². The molecule has 0 aliphatic carbocycles. The van der Waals surface area contributed by atoms with Gasteiger partial charge in [0.1, 0.15) is 5.52 Å². The SMILES string of the molecule is CCN(CCCO)c1nc2cc(N)ccc2o1. The van der Waals surface area contributed by atoms with Crippen molar-refractivity contribution in [2.75, 3.05) is 30.3 Å². The molecule has 0 aliphatic rings. The number of nitrogens with two attached hydrogens (primary N) is 1. The molecular weight excluding hydrogens is 218 g/mol. The second-order valence-corrected chi connectivity index (χ2v) is 3.88. The highest BCUT2D eigenvalue weighted by molar-refractivity contribution is 5.78. The van der Waals surface area contributed by atoms with Crippen molar-refractivity contribution in [3.05, 3.63) is 18.2 Å². The van der Waals surface area contributed by atoms with Crippen molar-refractivity contribution in [2.24, 2.45) is 0 Å². The third kappa shape index (κ3) is 2.50. The van der Waals surface area contributed by atoms with E-state index in [0.29, 0.717) is 18.1 Å². The molecule has 3 N–H and O–H groups in total. The zero-order valence-electron chi connectivity index (χ0n) is 9.89. The normalized spacial score (nSPS) is 10.9. The molecule has 92 valence electrons. The Balaban J connectivity index is 2.27. The van der Waals surface area contributed by atoms with Crippen LogP contribution in [0.3, 0.4) is 0 Å². The Morgan fingerprint density at radius 3 is 3.00 bits per heavy atom. The molecule has 0 saturated heterocycles. The van der Waals surface area contributed by atoms with E-state index in [1.54, 1.807) is 12.1 Å². The van der Waals surface area contributed by atoms with E-state index in [-0.39, 0.29) is 6.61 Å². The number of anilines is 2. The molecule has 1 heterocycles. The second kappa shape index (κ2) is 5.05. The number of aliphatic hydroxyl groups is 1. The van der Waals surface area contributed by atoms with Crippen LogP contribution in [0, 0.1) is 0 Å². The molecule has 0 fully saturated rings. The van der Waals surface area contributed by atoms with Gasteiger partial charge >= 0.3 is 0 Å². The Hall–Kier alpha value is -1.75. The fraction of sp³-hybridized carbons (Fsp3) is 0.417. The number of benzene rings is 1. The summed E-state index contributed by atoms with van der Waals surface area (Å²) in [4.78, 5) is 6.39. The number of aromatic nitrogens is 1. The first-order valence-corrected chi connectivity index (χ1v) is 5.76. The number of nitrogen functional groups attached to an aromatic ring is 1. The number of fused-ring (bicyclic) bond motifs is 1. The van der Waals surface area contributed by atoms with Gasteiger partial charge in [0.25, 0.3) is 6.01 Å². The van der Waals surface area contributed by atoms with Crippen molar-refractivity contribution in [3.8, 4) is 0 Å². The van der Waals surface area contributed by atoms with Gasteiger partial charge < -0.3 is 20.2 Å². The zero-order chi connectivity index (χ0) is 12.3. The first-order valence-electron chi connectivity index (χ1n) is 5.76. The number of nitrogens with zero attached hydrogens (tertiary/aromatic N) is 2. The van der Waals surface area contributed by atoms with Crippen LogP contribution in [0.25, 0.3) is 11.1 Å². The standard InChI is InChI=1S/C12H17N3O2/c1-2-15(6-3-7-16)12-14-10-8-9(13)4-5-11(10)17-12/h4-5,8,16H,2-3,6-7,13H2,1H3. The molecule has 5 nitrogen and oxygen atoms in total. The summed E-state index contributed by atoms with van der Waals surface area (Å²) in [5.41, 5.74) is 7.87. The summed E-state index contributed by atoms with van der Waals surface area (Å²) in [5.74, 6) is 0. The van der Waals surface area contributed by atoms with E-state index in [2.05, 4.69) is 4.98 Å². The molecule has 2 rings (SSSR count). The van der Waals surface area contributed by atoms with Gasteiger partial charge in [-0.1, -0.05) is 0 Å². The summed E-state index contributed by atoms with van der Waals surface area (Å²) >= 11 is 0. The molecule has 0 spiro atoms. The van der Waals surface area contributed by atoms with Crippen LogP contribution in [-0.2, 0) is 0 Å². The molecule has 0 radical (unpaired) electrons. The van der Waals surface area contributed by atoms with Crippen molar-refractivity contribution < 1.29 is 9.52 Å². The number of rotatable bonds is 5. The lowest BCUT2D eigenvalue weighted by Gasteiger charge is -2.17. The Kier molecular flexibility index (Phi) is 3.49. The van der Waals surface area contributed by atoms with Gasteiger partial charge in [-0.3, -0.25) is 0 Å². The minimum absolute atomic E-state index is 0.170. The number of hydrogen-bond acceptors (Lipinski definition) is 5. The fourth-order valence-corrected chi connectivity index (χ4v) is 1.72. The molecule has 1 aromatic heterocycles. The molecule has 0 unspecified atom stereocenters. The zero-order valence-corrected chi connectivity index (χ0v) is 9.89. The van der Waals surface area contributed by atoms with Crippen molar-refractivity contribution in [1.29, 1.82) is 0 Å². The van der Waals surface area contributed by atoms with Crippen molar-refractivity contribution in [3.63, 3.8) is 0 Å². The minimum Gasteiger partial charge on any atom is -0.423 e. The monoisotopic (exact) mass is 235 g/mol. The summed E-state index contributed by atoms with van der Waals surface area (Å²) < 4.78 is 5.65. The van der Waals surface area contributed by atoms with E-state index in [4.69, 9.17) is 15.3 Å². The molecule has 0 aliphatic heterocycles. The maximum absolute atomic E-state index is 8.84. The fourth-order valence-electron chi connectivity index (χ4n) is 1.72. The van der Waals surface area contributed by atoms with Gasteiger partial charge in [0.2, 0.25) is 0 Å². The van der Waals surface area contributed by atoms with E-state index in [0.717, 1.165) is 24.2 Å². The van der Waals surface area contributed by atoms with Crippen LogP contribution >= 0.6 is 0 Å². The molecule has 0 amide bonds. The van der Waals surface area contributed by atoms with E-state index in [1.165, 1.54) is 0 Å². The van der Waals surface area contributed by atoms with Gasteiger partial charge in [-0.05, 0) is 31.5 Å². The van der Waals surface area contributed by atoms with Crippen LogP contribution in [0.4, 0.5) is 11.7 Å². The Morgan fingerprint density at radius 1 is 1.47 bits per heavy atom. The Morgan fingerprint density at radius 2 is 2.29 bits per heavy atom. The van der Waals surface area contributed by atoms with Crippen LogP contribution in [0.1, 0.15) is 13.3 Å². The highest BCUT2D eigenvalue weighted by Gasteiger charge is 2.12. The van der Waals surface area contributed by atoms with Gasteiger partial charge in [-0.2, -0.15) is 4.98 Å². The highest BCUT2D eigenvalue weighted by atomic mass is 16.4. The van der Waals surface area contributed by atoms with Crippen LogP contribution in [-0.4, -0.2) is 29.8 Å². The molecule has 0 saturated carbocycles. The van der Waals surface area contributed by atoms with Gasteiger partial charge in [0.15, 0.2) is 5.58 Å². The van der Waals surface area contributed by atoms with Crippen LogP contribution in [0.2, 0.25) is 0 Å². The maximum Gasteiger partial charge on any atom is 0.298 e. The Labute approximate surface area is 99.8 Å². The lowest BCUT2D eigenvalue weighted by atomic mass is 10.3. The highest BCUT2D eigenvalue weighted by Crippen LogP contribution is 2.23. The first kappa shape index (κ1) is 11.7. The maximum atomic E-state index is 8.84. The van der Waals surface area contributed by atoms with Crippen molar-refractivity contribution in [2.45, 2.75) is 13.3 Å². The number of hydrogen-bond donors (Lipinski definition) is 2. The third-order valence-electron chi connectivity index (χ3n) is 2.64. The third-order valence-corrected chi connectivity index (χ3v) is 2.64. The van der Waals surface area contributed by atoms with Crippen molar-refractivity contribution in [1.82, 2.24) is 4.98 Å². The smallest absolute Gasteiger partial charge is 0.298 e. The number of aliphatic hydroxyl groups excluding tert-OH is 1. The largest absolute Gasteiger partial charge is 0.423 e. The van der Waals surface area contributed by atoms with Gasteiger partial charge in [0.05, 0.1) is 0 Å². The summed E-state index contributed by atoms with van der Waals surface area (Å²) in [7, 11) is 0. The lowest BCUT2D eigenvalue weighted by Crippen LogP contribution is -2.24. The first-order chi connectivity index (χ1) is 8.24. The quantitative estimate of drug-likeness (QED) is 0.770. The van der Waals surface area contributed by atoms with Gasteiger partial charge in [-0.25, -0.2) is 0 Å². The van der Waals surface area contributed by atoms with Crippen LogP contribution in [0.15, 0.2) is 22.6 Å². The van der Waals surface area contributed by atoms with Crippen molar-refractivity contribution >= 4 is 22.8 Å². The summed E-state index contributed by atoms with van der Waals surface area (Å²) in [6.45, 7) is 3.72. The van der Waals surface area contributed by atoms with E-state index in [1.807, 2.05) is 17.9 Å². The van der Waals surface area contributed by atoms with E-state index < -0.39 is 0 Å². The minimum atomic E-state index is 0.170. The summed E-state index contributed by atoms with van der Waals surface area (Å²) in [5, 5.41) is 8.84. The molecule has 1 aromatic carbocycles. The molecule has 0 atom stereocenters. The average Bonchev–Trinajstić information content (AvgIpc) is 2.72. The molecular formula is C12H17N3O2. The molecule has 17 heavy (non-hydrogen) atoms.